The van der Waals surface area contributed by atoms with Crippen molar-refractivity contribution in [2.45, 2.75) is 18.9 Å². The molecule has 1 saturated heterocycles. The summed E-state index contributed by atoms with van der Waals surface area (Å²) in [7, 11) is 0. The molecule has 0 bridgehead atoms. The van der Waals surface area contributed by atoms with E-state index >= 15 is 0 Å². The molecule has 3 nitrogen and oxygen atoms in total. The topological polar surface area (TPSA) is 38.5 Å². The second kappa shape index (κ2) is 6.31. The minimum absolute atomic E-state index is 0.106. The molecule has 3 rings (SSSR count). The fraction of sp³-hybridized carbons (Fsp3) is 0.412. The number of hydrogen-bond acceptors (Lipinski definition) is 3. The number of rotatable bonds is 4. The molecule has 0 aliphatic carbocycles. The Morgan fingerprint density at radius 3 is 2.81 bits per heavy atom. The van der Waals surface area contributed by atoms with Crippen LogP contribution in [0, 0.1) is 0 Å². The summed E-state index contributed by atoms with van der Waals surface area (Å²) in [5.74, 6) is 0.716. The van der Waals surface area contributed by atoms with Crippen molar-refractivity contribution in [1.82, 2.24) is 0 Å². The number of halogens is 1. The van der Waals surface area contributed by atoms with Crippen LogP contribution in [0.5, 0.6) is 5.75 Å². The van der Waals surface area contributed by atoms with Crippen LogP contribution in [0.2, 0.25) is 0 Å². The van der Waals surface area contributed by atoms with Crippen molar-refractivity contribution >= 4 is 16.5 Å². The Kier molecular flexibility index (Phi) is 4.25. The maximum atomic E-state index is 12.1. The molecule has 4 heteroatoms. The predicted molar refractivity (Wildman–Crippen MR) is 84.8 cm³/mol. The van der Waals surface area contributed by atoms with Gasteiger partial charge >= 0.3 is 0 Å². The van der Waals surface area contributed by atoms with Crippen molar-refractivity contribution in [2.75, 3.05) is 31.3 Å². The van der Waals surface area contributed by atoms with Crippen LogP contribution in [0.3, 0.4) is 0 Å². The van der Waals surface area contributed by atoms with Crippen molar-refractivity contribution in [1.29, 1.82) is 0 Å². The quantitative estimate of drug-likeness (QED) is 0.939. The fourth-order valence-electron chi connectivity index (χ4n) is 2.90. The fourth-order valence-corrected chi connectivity index (χ4v) is 2.90. The van der Waals surface area contributed by atoms with E-state index in [2.05, 4.69) is 23.1 Å². The first-order valence-electron chi connectivity index (χ1n) is 7.49. The zero-order chi connectivity index (χ0) is 14.7. The van der Waals surface area contributed by atoms with E-state index in [4.69, 9.17) is 10.5 Å². The molecule has 0 saturated carbocycles. The molecule has 112 valence electrons. The van der Waals surface area contributed by atoms with Crippen molar-refractivity contribution in [3.8, 4) is 5.75 Å². The van der Waals surface area contributed by atoms with Gasteiger partial charge in [-0.05, 0) is 47.9 Å². The third kappa shape index (κ3) is 3.27. The molecule has 1 aliphatic rings. The molecular weight excluding hydrogens is 267 g/mol. The smallest absolute Gasteiger partial charge is 0.123 e. The second-order valence-electron chi connectivity index (χ2n) is 5.58. The molecule has 0 amide bonds. The summed E-state index contributed by atoms with van der Waals surface area (Å²) < 4.78 is 17.5. The average Bonchev–Trinajstić information content (AvgIpc) is 2.52. The lowest BCUT2D eigenvalue weighted by Gasteiger charge is -2.32. The molecule has 2 N–H and O–H groups in total. The van der Waals surface area contributed by atoms with Crippen molar-refractivity contribution in [2.24, 2.45) is 5.73 Å². The van der Waals surface area contributed by atoms with Gasteiger partial charge in [-0.25, -0.2) is 4.39 Å². The van der Waals surface area contributed by atoms with E-state index in [1.54, 1.807) is 0 Å². The van der Waals surface area contributed by atoms with Crippen LogP contribution in [0.1, 0.15) is 12.8 Å². The summed E-state index contributed by atoms with van der Waals surface area (Å²) in [5, 5.41) is 2.27. The number of fused-ring (bicyclic) bond motifs is 1. The van der Waals surface area contributed by atoms with Crippen molar-refractivity contribution < 1.29 is 9.13 Å². The highest BCUT2D eigenvalue weighted by atomic mass is 19.1. The highest BCUT2D eigenvalue weighted by molar-refractivity contribution is 5.87. The van der Waals surface area contributed by atoms with Gasteiger partial charge in [0.25, 0.3) is 0 Å². The number of anilines is 1. The SMILES string of the molecule is NC1CCCN(c2ccc3cc(OCCF)ccc3c2)C1. The molecule has 1 aliphatic heterocycles. The number of hydrogen-bond donors (Lipinski definition) is 1. The van der Waals surface area contributed by atoms with Crippen LogP contribution >= 0.6 is 0 Å². The largest absolute Gasteiger partial charge is 0.491 e. The molecule has 0 aromatic heterocycles. The van der Waals surface area contributed by atoms with Gasteiger partial charge in [0.05, 0.1) is 0 Å². The molecule has 0 radical (unpaired) electrons. The van der Waals surface area contributed by atoms with Crippen LogP contribution in [0.25, 0.3) is 10.8 Å². The van der Waals surface area contributed by atoms with E-state index in [0.29, 0.717) is 5.75 Å². The molecule has 0 spiro atoms. The minimum atomic E-state index is -0.466. The highest BCUT2D eigenvalue weighted by Crippen LogP contribution is 2.27. The van der Waals surface area contributed by atoms with Gasteiger partial charge in [-0.2, -0.15) is 0 Å². The molecule has 1 heterocycles. The Balaban J connectivity index is 1.83. The number of nitrogens with zero attached hydrogens (tertiary/aromatic N) is 1. The van der Waals surface area contributed by atoms with Crippen LogP contribution in [0.4, 0.5) is 10.1 Å². The van der Waals surface area contributed by atoms with Gasteiger partial charge in [-0.3, -0.25) is 0 Å². The van der Waals surface area contributed by atoms with Crippen LogP contribution in [0.15, 0.2) is 36.4 Å². The lowest BCUT2D eigenvalue weighted by molar-refractivity contribution is 0.273. The van der Waals surface area contributed by atoms with E-state index in [1.807, 2.05) is 18.2 Å². The molecule has 2 aromatic rings. The Morgan fingerprint density at radius 2 is 2.00 bits per heavy atom. The van der Waals surface area contributed by atoms with E-state index in [0.717, 1.165) is 31.3 Å². The van der Waals surface area contributed by atoms with E-state index in [1.165, 1.54) is 11.1 Å². The van der Waals surface area contributed by atoms with Gasteiger partial charge in [0.1, 0.15) is 19.0 Å². The third-order valence-corrected chi connectivity index (χ3v) is 3.96. The van der Waals surface area contributed by atoms with Crippen LogP contribution in [-0.4, -0.2) is 32.4 Å². The van der Waals surface area contributed by atoms with Gasteiger partial charge in [0.15, 0.2) is 0 Å². The van der Waals surface area contributed by atoms with E-state index in [9.17, 15) is 4.39 Å². The lowest BCUT2D eigenvalue weighted by Crippen LogP contribution is -2.42. The molecule has 21 heavy (non-hydrogen) atoms. The molecular formula is C17H21FN2O. The average molecular weight is 288 g/mol. The van der Waals surface area contributed by atoms with Gasteiger partial charge in [0.2, 0.25) is 0 Å². The summed E-state index contributed by atoms with van der Waals surface area (Å²) in [6, 6.07) is 12.5. The summed E-state index contributed by atoms with van der Waals surface area (Å²) in [4.78, 5) is 2.35. The second-order valence-corrected chi connectivity index (χ2v) is 5.58. The standard InChI is InChI=1S/C17H21FN2O/c18-7-9-21-17-6-4-13-10-16(5-3-14(13)11-17)20-8-1-2-15(19)12-20/h3-6,10-11,15H,1-2,7-9,12,19H2. The first kappa shape index (κ1) is 14.1. The molecule has 2 aromatic carbocycles. The number of alkyl halides is 1. The Morgan fingerprint density at radius 1 is 1.19 bits per heavy atom. The summed E-state index contributed by atoms with van der Waals surface area (Å²) in [5.41, 5.74) is 7.27. The van der Waals surface area contributed by atoms with Gasteiger partial charge in [-0.1, -0.05) is 12.1 Å². The van der Waals surface area contributed by atoms with Crippen LogP contribution < -0.4 is 15.4 Å². The van der Waals surface area contributed by atoms with Crippen LogP contribution in [-0.2, 0) is 0 Å². The third-order valence-electron chi connectivity index (χ3n) is 3.96. The number of benzene rings is 2. The molecule has 1 atom stereocenters. The Hall–Kier alpha value is -1.81. The summed E-state index contributed by atoms with van der Waals surface area (Å²) in [6.07, 6.45) is 2.26. The predicted octanol–water partition coefficient (Wildman–Crippen LogP) is 3.12. The number of ether oxygens (including phenoxy) is 1. The first-order chi connectivity index (χ1) is 10.3. The summed E-state index contributed by atoms with van der Waals surface area (Å²) >= 11 is 0. The first-order valence-corrected chi connectivity index (χ1v) is 7.49. The zero-order valence-corrected chi connectivity index (χ0v) is 12.1. The van der Waals surface area contributed by atoms with Gasteiger partial charge in [-0.15, -0.1) is 0 Å². The van der Waals surface area contributed by atoms with Crippen molar-refractivity contribution in [3.63, 3.8) is 0 Å². The summed E-state index contributed by atoms with van der Waals surface area (Å²) in [6.45, 7) is 1.63. The molecule has 1 fully saturated rings. The maximum Gasteiger partial charge on any atom is 0.123 e. The lowest BCUT2D eigenvalue weighted by atomic mass is 10.0. The zero-order valence-electron chi connectivity index (χ0n) is 12.1. The maximum absolute atomic E-state index is 12.1. The van der Waals surface area contributed by atoms with E-state index in [-0.39, 0.29) is 12.6 Å². The number of nitrogens with two attached hydrogens (primary N) is 1. The minimum Gasteiger partial charge on any atom is -0.491 e. The van der Waals surface area contributed by atoms with Gasteiger partial charge < -0.3 is 15.4 Å². The number of piperidine rings is 1. The monoisotopic (exact) mass is 288 g/mol. The van der Waals surface area contributed by atoms with E-state index < -0.39 is 6.67 Å². The molecule has 1 unspecified atom stereocenters. The Bertz CT molecular complexity index is 617. The Labute approximate surface area is 124 Å². The normalized spacial score (nSPS) is 19.0. The van der Waals surface area contributed by atoms with Crippen molar-refractivity contribution in [3.05, 3.63) is 36.4 Å². The highest BCUT2D eigenvalue weighted by Gasteiger charge is 2.17. The van der Waals surface area contributed by atoms with Gasteiger partial charge in [0, 0.05) is 24.8 Å².